The molecule has 0 saturated heterocycles. The van der Waals surface area contributed by atoms with Gasteiger partial charge in [0, 0.05) is 17.4 Å². The molecule has 12 heteroatoms. The quantitative estimate of drug-likeness (QED) is 0.116. The molecule has 12 nitrogen and oxygen atoms in total. The highest BCUT2D eigenvalue weighted by Gasteiger charge is 2.24. The molecule has 2 unspecified atom stereocenters. The summed E-state index contributed by atoms with van der Waals surface area (Å²) in [6.07, 6.45) is 4.64. The van der Waals surface area contributed by atoms with Crippen molar-refractivity contribution >= 4 is 35.5 Å². The first kappa shape index (κ1) is 33.0. The molecule has 0 heterocycles. The topological polar surface area (TPSA) is 187 Å². The number of carbonyl (C=O) groups is 4. The fourth-order valence-electron chi connectivity index (χ4n) is 4.20. The Morgan fingerprint density at radius 1 is 0.805 bits per heavy atom. The van der Waals surface area contributed by atoms with E-state index in [0.29, 0.717) is 55.9 Å². The predicted octanol–water partition coefficient (Wildman–Crippen LogP) is 2.39. The van der Waals surface area contributed by atoms with Gasteiger partial charge in [0.2, 0.25) is 12.3 Å². The molecule has 0 aromatic heterocycles. The second-order valence-corrected chi connectivity index (χ2v) is 9.55. The summed E-state index contributed by atoms with van der Waals surface area (Å²) in [7, 11) is 2.88. The molecule has 0 bridgehead atoms. The number of amides is 4. The monoisotopic (exact) mass is 570 g/mol. The standard InChI is InChI=1S/C29H42N6O6/c1-19(8-4-6-14-30)33-27(37)23-17-21(11-13-26(23)41-3)34-29(39)24(9-5-7-15-31)35-28(38)22-16-20(32-18-36)10-12-25(22)40-2/h10-13,16-19,24H,4-9,14-15,30-31H2,1-3H3,(H,32,36)(H,33,37)(H,34,39)(H,35,38). The number of nitrogens with two attached hydrogens (primary N) is 2. The lowest BCUT2D eigenvalue weighted by molar-refractivity contribution is -0.118. The number of hydrogen-bond acceptors (Lipinski definition) is 8. The highest BCUT2D eigenvalue weighted by atomic mass is 16.5. The molecule has 2 aromatic carbocycles. The third-order valence-electron chi connectivity index (χ3n) is 6.42. The normalized spacial score (nSPS) is 12.0. The fourth-order valence-corrected chi connectivity index (χ4v) is 4.20. The van der Waals surface area contributed by atoms with Gasteiger partial charge in [-0.2, -0.15) is 0 Å². The number of ether oxygens (including phenoxy) is 2. The summed E-state index contributed by atoms with van der Waals surface area (Å²) in [4.78, 5) is 50.5. The Kier molecular flexibility index (Phi) is 14.1. The van der Waals surface area contributed by atoms with Crippen molar-refractivity contribution in [1.82, 2.24) is 10.6 Å². The van der Waals surface area contributed by atoms with Crippen molar-refractivity contribution in [2.24, 2.45) is 11.5 Å². The lowest BCUT2D eigenvalue weighted by Gasteiger charge is -2.20. The summed E-state index contributed by atoms with van der Waals surface area (Å²) in [6, 6.07) is 8.37. The Morgan fingerprint density at radius 3 is 1.90 bits per heavy atom. The minimum absolute atomic E-state index is 0.0728. The molecule has 41 heavy (non-hydrogen) atoms. The largest absolute Gasteiger partial charge is 0.496 e. The van der Waals surface area contributed by atoms with Gasteiger partial charge in [-0.1, -0.05) is 6.42 Å². The zero-order valence-corrected chi connectivity index (χ0v) is 24.0. The van der Waals surface area contributed by atoms with Gasteiger partial charge in [0.1, 0.15) is 17.5 Å². The second-order valence-electron chi connectivity index (χ2n) is 9.55. The van der Waals surface area contributed by atoms with Crippen molar-refractivity contribution in [1.29, 1.82) is 0 Å². The molecule has 0 aliphatic heterocycles. The summed E-state index contributed by atoms with van der Waals surface area (Å²) in [5, 5.41) is 11.0. The van der Waals surface area contributed by atoms with E-state index in [1.165, 1.54) is 26.4 Å². The van der Waals surface area contributed by atoms with Crippen molar-refractivity contribution in [2.75, 3.05) is 37.9 Å². The van der Waals surface area contributed by atoms with Gasteiger partial charge in [0.15, 0.2) is 0 Å². The van der Waals surface area contributed by atoms with Crippen LogP contribution in [0.25, 0.3) is 0 Å². The van der Waals surface area contributed by atoms with Gasteiger partial charge in [-0.05, 0) is 88.5 Å². The van der Waals surface area contributed by atoms with E-state index in [2.05, 4.69) is 21.3 Å². The molecule has 0 fully saturated rings. The molecule has 4 amide bonds. The Balaban J connectivity index is 2.24. The molecule has 2 aromatic rings. The third-order valence-corrected chi connectivity index (χ3v) is 6.42. The Bertz CT molecular complexity index is 1170. The molecule has 2 rings (SSSR count). The number of methoxy groups -OCH3 is 2. The maximum Gasteiger partial charge on any atom is 0.255 e. The Morgan fingerprint density at radius 2 is 1.34 bits per heavy atom. The molecule has 0 aliphatic rings. The third kappa shape index (κ3) is 10.4. The molecule has 0 radical (unpaired) electrons. The number of nitrogens with one attached hydrogen (secondary N) is 4. The summed E-state index contributed by atoms with van der Waals surface area (Å²) >= 11 is 0. The van der Waals surface area contributed by atoms with Crippen LogP contribution in [-0.2, 0) is 9.59 Å². The van der Waals surface area contributed by atoms with Crippen LogP contribution < -0.4 is 42.2 Å². The highest BCUT2D eigenvalue weighted by Crippen LogP contribution is 2.25. The van der Waals surface area contributed by atoms with Gasteiger partial charge in [-0.3, -0.25) is 19.2 Å². The maximum absolute atomic E-state index is 13.4. The van der Waals surface area contributed by atoms with Gasteiger partial charge < -0.3 is 42.2 Å². The van der Waals surface area contributed by atoms with Crippen molar-refractivity contribution in [3.63, 3.8) is 0 Å². The van der Waals surface area contributed by atoms with Crippen LogP contribution in [0.4, 0.5) is 11.4 Å². The van der Waals surface area contributed by atoms with E-state index in [4.69, 9.17) is 20.9 Å². The summed E-state index contributed by atoms with van der Waals surface area (Å²) in [6.45, 7) is 2.96. The summed E-state index contributed by atoms with van der Waals surface area (Å²) in [5.41, 5.74) is 12.4. The van der Waals surface area contributed by atoms with E-state index < -0.39 is 17.9 Å². The number of benzene rings is 2. The maximum atomic E-state index is 13.4. The van der Waals surface area contributed by atoms with Crippen LogP contribution in [0.2, 0.25) is 0 Å². The predicted molar refractivity (Wildman–Crippen MR) is 158 cm³/mol. The fraction of sp³-hybridized carbons (Fsp3) is 0.448. The van der Waals surface area contributed by atoms with Crippen LogP contribution in [0.5, 0.6) is 11.5 Å². The van der Waals surface area contributed by atoms with E-state index in [1.54, 1.807) is 24.3 Å². The van der Waals surface area contributed by atoms with Gasteiger partial charge in [-0.15, -0.1) is 0 Å². The summed E-state index contributed by atoms with van der Waals surface area (Å²) in [5.74, 6) is -0.714. The van der Waals surface area contributed by atoms with Crippen LogP contribution in [0.15, 0.2) is 36.4 Å². The molecule has 0 aliphatic carbocycles. The van der Waals surface area contributed by atoms with Gasteiger partial charge in [0.05, 0.1) is 25.3 Å². The van der Waals surface area contributed by atoms with E-state index in [9.17, 15) is 19.2 Å². The van der Waals surface area contributed by atoms with Crippen molar-refractivity contribution in [2.45, 2.75) is 57.5 Å². The first-order valence-electron chi connectivity index (χ1n) is 13.7. The highest BCUT2D eigenvalue weighted by molar-refractivity contribution is 6.04. The Hall–Kier alpha value is -4.16. The van der Waals surface area contributed by atoms with Crippen LogP contribution in [0.3, 0.4) is 0 Å². The van der Waals surface area contributed by atoms with Crippen molar-refractivity contribution in [3.8, 4) is 11.5 Å². The van der Waals surface area contributed by atoms with E-state index in [0.717, 1.165) is 19.3 Å². The average molecular weight is 571 g/mol. The Labute approximate surface area is 240 Å². The van der Waals surface area contributed by atoms with Crippen LogP contribution in [0.1, 0.15) is 66.2 Å². The van der Waals surface area contributed by atoms with Crippen LogP contribution in [-0.4, -0.2) is 63.5 Å². The second kappa shape index (κ2) is 17.5. The molecular weight excluding hydrogens is 528 g/mol. The number of rotatable bonds is 18. The number of anilines is 2. The van der Waals surface area contributed by atoms with Gasteiger partial charge in [0.25, 0.3) is 11.8 Å². The lowest BCUT2D eigenvalue weighted by Crippen LogP contribution is -2.44. The lowest BCUT2D eigenvalue weighted by atomic mass is 10.1. The number of unbranched alkanes of at least 4 members (excludes halogenated alkanes) is 2. The van der Waals surface area contributed by atoms with Gasteiger partial charge >= 0.3 is 0 Å². The van der Waals surface area contributed by atoms with Crippen LogP contribution in [0, 0.1) is 0 Å². The molecule has 2 atom stereocenters. The molecular formula is C29H42N6O6. The number of carbonyl (C=O) groups excluding carboxylic acids is 4. The minimum atomic E-state index is -0.914. The zero-order valence-electron chi connectivity index (χ0n) is 24.0. The van der Waals surface area contributed by atoms with E-state index >= 15 is 0 Å². The van der Waals surface area contributed by atoms with Crippen LogP contribution >= 0.6 is 0 Å². The number of hydrogen-bond donors (Lipinski definition) is 6. The average Bonchev–Trinajstić information content (AvgIpc) is 2.96. The van der Waals surface area contributed by atoms with E-state index in [1.807, 2.05) is 6.92 Å². The smallest absolute Gasteiger partial charge is 0.255 e. The van der Waals surface area contributed by atoms with Crippen molar-refractivity contribution < 1.29 is 28.7 Å². The minimum Gasteiger partial charge on any atom is -0.496 e. The molecule has 224 valence electrons. The van der Waals surface area contributed by atoms with E-state index in [-0.39, 0.29) is 28.8 Å². The first-order chi connectivity index (χ1) is 19.8. The SMILES string of the molecule is COc1ccc(NC(=O)C(CCCCN)NC(=O)c2cc(NC=O)ccc2OC)cc1C(=O)NC(C)CCCCN. The molecule has 0 saturated carbocycles. The zero-order chi connectivity index (χ0) is 30.2. The molecule has 0 spiro atoms. The first-order valence-corrected chi connectivity index (χ1v) is 13.7. The van der Waals surface area contributed by atoms with Crippen molar-refractivity contribution in [3.05, 3.63) is 47.5 Å². The van der Waals surface area contributed by atoms with Gasteiger partial charge in [-0.25, -0.2) is 0 Å². The summed E-state index contributed by atoms with van der Waals surface area (Å²) < 4.78 is 10.7. The molecule has 8 N–H and O–H groups in total.